The van der Waals surface area contributed by atoms with E-state index in [1.165, 1.54) is 6.33 Å². The highest BCUT2D eigenvalue weighted by Crippen LogP contribution is 2.36. The van der Waals surface area contributed by atoms with Gasteiger partial charge < -0.3 is 11.1 Å². The zero-order valence-corrected chi connectivity index (χ0v) is 17.9. The molecule has 0 saturated heterocycles. The number of benzene rings is 2. The van der Waals surface area contributed by atoms with Gasteiger partial charge in [0, 0.05) is 39.9 Å². The predicted molar refractivity (Wildman–Crippen MR) is 133 cm³/mol. The number of hydrogen-bond donors (Lipinski definition) is 2. The Kier molecular flexibility index (Phi) is 5.13. The van der Waals surface area contributed by atoms with Crippen LogP contribution in [0.1, 0.15) is 11.1 Å². The second-order valence-electron chi connectivity index (χ2n) is 7.59. The van der Waals surface area contributed by atoms with E-state index in [1.807, 2.05) is 67.6 Å². The lowest BCUT2D eigenvalue weighted by Crippen LogP contribution is -2.02. The summed E-state index contributed by atoms with van der Waals surface area (Å²) in [5, 5.41) is 5.33. The summed E-state index contributed by atoms with van der Waals surface area (Å²) in [6.45, 7) is 2.05. The number of anilines is 3. The molecular formula is C27H20N6. The molecule has 5 rings (SSSR count). The third-order valence-corrected chi connectivity index (χ3v) is 5.49. The zero-order valence-electron chi connectivity index (χ0n) is 17.9. The number of terminal acetylenes is 1. The van der Waals surface area contributed by atoms with E-state index in [9.17, 15) is 0 Å². The second kappa shape index (κ2) is 8.40. The van der Waals surface area contributed by atoms with E-state index in [4.69, 9.17) is 12.2 Å². The van der Waals surface area contributed by atoms with Crippen molar-refractivity contribution in [1.29, 1.82) is 0 Å². The average molecular weight is 428 g/mol. The maximum atomic E-state index is 6.39. The molecule has 0 fully saturated rings. The SMILES string of the molecule is C#Cc1cccc(-c2cc3c(Nc4ncccc4-c4ccncn4)c(C)ccc3c(N)n2)c1. The molecule has 0 spiro atoms. The molecule has 33 heavy (non-hydrogen) atoms. The van der Waals surface area contributed by atoms with Crippen molar-refractivity contribution < 1.29 is 0 Å². The summed E-state index contributed by atoms with van der Waals surface area (Å²) in [5.74, 6) is 3.82. The monoisotopic (exact) mass is 428 g/mol. The van der Waals surface area contributed by atoms with Crippen LogP contribution in [0, 0.1) is 19.3 Å². The van der Waals surface area contributed by atoms with Crippen molar-refractivity contribution in [3.8, 4) is 34.9 Å². The van der Waals surface area contributed by atoms with Gasteiger partial charge in [0.2, 0.25) is 0 Å². The molecule has 0 bridgehead atoms. The van der Waals surface area contributed by atoms with Crippen LogP contribution in [0.25, 0.3) is 33.3 Å². The van der Waals surface area contributed by atoms with Gasteiger partial charge in [-0.2, -0.15) is 0 Å². The van der Waals surface area contributed by atoms with Crippen LogP contribution in [-0.2, 0) is 0 Å². The molecule has 5 aromatic rings. The van der Waals surface area contributed by atoms with E-state index in [0.717, 1.165) is 50.1 Å². The maximum Gasteiger partial charge on any atom is 0.139 e. The van der Waals surface area contributed by atoms with Crippen molar-refractivity contribution >= 4 is 28.1 Å². The van der Waals surface area contributed by atoms with Crippen LogP contribution in [0.5, 0.6) is 0 Å². The first-order chi connectivity index (χ1) is 16.1. The van der Waals surface area contributed by atoms with E-state index in [-0.39, 0.29) is 0 Å². The van der Waals surface area contributed by atoms with Crippen LogP contribution in [-0.4, -0.2) is 19.9 Å². The van der Waals surface area contributed by atoms with E-state index >= 15 is 0 Å². The van der Waals surface area contributed by atoms with Gasteiger partial charge in [0.05, 0.1) is 17.1 Å². The van der Waals surface area contributed by atoms with Crippen molar-refractivity contribution in [1.82, 2.24) is 19.9 Å². The molecular weight excluding hydrogens is 408 g/mol. The topological polar surface area (TPSA) is 89.6 Å². The number of fused-ring (bicyclic) bond motifs is 1. The standard InChI is InChI=1S/C27H20N6/c1-3-18-6-4-7-19(14-18)24-15-22-20(26(28)32-24)10-9-17(2)25(22)33-27-21(8-5-12-30-27)23-11-13-29-16-31-23/h1,4-16H,2H3,(H2,28,32)(H,30,33). The van der Waals surface area contributed by atoms with E-state index < -0.39 is 0 Å². The zero-order chi connectivity index (χ0) is 22.8. The fraction of sp³-hybridized carbons (Fsp3) is 0.0370. The number of nitrogens with one attached hydrogen (secondary N) is 1. The van der Waals surface area contributed by atoms with Crippen LogP contribution < -0.4 is 11.1 Å². The Balaban J connectivity index is 1.68. The fourth-order valence-electron chi connectivity index (χ4n) is 3.82. The molecule has 0 atom stereocenters. The largest absolute Gasteiger partial charge is 0.383 e. The lowest BCUT2D eigenvalue weighted by molar-refractivity contribution is 1.17. The normalized spacial score (nSPS) is 10.7. The number of rotatable bonds is 4. The average Bonchev–Trinajstić information content (AvgIpc) is 2.86. The van der Waals surface area contributed by atoms with Crippen LogP contribution in [0.2, 0.25) is 0 Å². The first-order valence-corrected chi connectivity index (χ1v) is 10.4. The first-order valence-electron chi connectivity index (χ1n) is 10.4. The molecule has 0 radical (unpaired) electrons. The summed E-state index contributed by atoms with van der Waals surface area (Å²) in [6, 6.07) is 19.5. The summed E-state index contributed by atoms with van der Waals surface area (Å²) in [6.07, 6.45) is 10.6. The summed E-state index contributed by atoms with van der Waals surface area (Å²) in [5.41, 5.74) is 12.5. The van der Waals surface area contributed by atoms with E-state index in [1.54, 1.807) is 12.4 Å². The molecule has 0 aliphatic rings. The van der Waals surface area contributed by atoms with Gasteiger partial charge in [-0.25, -0.2) is 19.9 Å². The highest BCUT2D eigenvalue weighted by Gasteiger charge is 2.14. The quantitative estimate of drug-likeness (QED) is 0.374. The number of aryl methyl sites for hydroxylation is 1. The summed E-state index contributed by atoms with van der Waals surface area (Å²) in [7, 11) is 0. The molecule has 3 N–H and O–H groups in total. The molecule has 3 heterocycles. The van der Waals surface area contributed by atoms with Gasteiger partial charge in [-0.3, -0.25) is 0 Å². The predicted octanol–water partition coefficient (Wildman–Crippen LogP) is 5.37. The molecule has 0 aliphatic carbocycles. The van der Waals surface area contributed by atoms with Gasteiger partial charge in [-0.15, -0.1) is 6.42 Å². The molecule has 0 unspecified atom stereocenters. The number of hydrogen-bond acceptors (Lipinski definition) is 6. The summed E-state index contributed by atoms with van der Waals surface area (Å²) < 4.78 is 0. The molecule has 3 aromatic heterocycles. The minimum atomic E-state index is 0.453. The Labute approximate surface area is 191 Å². The smallest absolute Gasteiger partial charge is 0.139 e. The number of nitrogen functional groups attached to an aromatic ring is 1. The number of aromatic nitrogens is 4. The summed E-state index contributed by atoms with van der Waals surface area (Å²) in [4.78, 5) is 17.6. The lowest BCUT2D eigenvalue weighted by atomic mass is 10.0. The number of nitrogens with zero attached hydrogens (tertiary/aromatic N) is 4. The molecule has 0 amide bonds. The molecule has 6 nitrogen and oxygen atoms in total. The van der Waals surface area contributed by atoms with Gasteiger partial charge in [0.15, 0.2) is 0 Å². The first kappa shape index (κ1) is 20.2. The molecule has 6 heteroatoms. The van der Waals surface area contributed by atoms with Crippen molar-refractivity contribution in [2.24, 2.45) is 0 Å². The third-order valence-electron chi connectivity index (χ3n) is 5.49. The number of nitrogens with two attached hydrogens (primary N) is 1. The second-order valence-corrected chi connectivity index (χ2v) is 7.59. The Morgan fingerprint density at radius 2 is 1.82 bits per heavy atom. The van der Waals surface area contributed by atoms with Crippen LogP contribution >= 0.6 is 0 Å². The fourth-order valence-corrected chi connectivity index (χ4v) is 3.82. The molecule has 158 valence electrons. The molecule has 0 aliphatic heterocycles. The molecule has 2 aromatic carbocycles. The van der Waals surface area contributed by atoms with Crippen LogP contribution in [0.3, 0.4) is 0 Å². The number of pyridine rings is 2. The van der Waals surface area contributed by atoms with Crippen LogP contribution in [0.4, 0.5) is 17.3 Å². The Hall–Kier alpha value is -4.76. The van der Waals surface area contributed by atoms with Crippen molar-refractivity contribution in [2.75, 3.05) is 11.1 Å². The van der Waals surface area contributed by atoms with Crippen molar-refractivity contribution in [2.45, 2.75) is 6.92 Å². The lowest BCUT2D eigenvalue weighted by Gasteiger charge is -2.16. The Morgan fingerprint density at radius 3 is 2.64 bits per heavy atom. The highest BCUT2D eigenvalue weighted by atomic mass is 15.0. The summed E-state index contributed by atoms with van der Waals surface area (Å²) >= 11 is 0. The minimum Gasteiger partial charge on any atom is -0.383 e. The van der Waals surface area contributed by atoms with Crippen molar-refractivity contribution in [3.05, 3.63) is 90.5 Å². The minimum absolute atomic E-state index is 0.453. The third kappa shape index (κ3) is 3.84. The van der Waals surface area contributed by atoms with Gasteiger partial charge in [-0.1, -0.05) is 30.2 Å². The highest BCUT2D eigenvalue weighted by molar-refractivity contribution is 6.04. The molecule has 0 saturated carbocycles. The van der Waals surface area contributed by atoms with E-state index in [2.05, 4.69) is 31.2 Å². The van der Waals surface area contributed by atoms with Gasteiger partial charge in [-0.05, 0) is 48.9 Å². The Bertz CT molecular complexity index is 1520. The maximum absolute atomic E-state index is 6.39. The van der Waals surface area contributed by atoms with Gasteiger partial charge in [0.1, 0.15) is 18.0 Å². The van der Waals surface area contributed by atoms with Crippen molar-refractivity contribution in [3.63, 3.8) is 0 Å². The van der Waals surface area contributed by atoms with E-state index in [0.29, 0.717) is 11.6 Å². The van der Waals surface area contributed by atoms with Crippen LogP contribution in [0.15, 0.2) is 79.4 Å². The van der Waals surface area contributed by atoms with Gasteiger partial charge >= 0.3 is 0 Å². The Morgan fingerprint density at radius 1 is 0.909 bits per heavy atom. The van der Waals surface area contributed by atoms with Gasteiger partial charge in [0.25, 0.3) is 0 Å².